The fourth-order valence-electron chi connectivity index (χ4n) is 5.67. The van der Waals surface area contributed by atoms with Crippen LogP contribution in [0, 0.1) is 0 Å². The fourth-order valence-corrected chi connectivity index (χ4v) is 8.35. The Kier molecular flexibility index (Phi) is 8.62. The Bertz CT molecular complexity index is 2130. The van der Waals surface area contributed by atoms with Crippen molar-refractivity contribution in [2.75, 3.05) is 0 Å². The largest absolute Gasteiger partial charge is 0.433 e. The number of rotatable bonds is 10. The van der Waals surface area contributed by atoms with Crippen molar-refractivity contribution in [1.82, 2.24) is 18.7 Å². The number of benzene rings is 3. The Labute approximate surface area is 291 Å². The third-order valence-electron chi connectivity index (χ3n) is 7.73. The number of fused-ring (bicyclic) bond motifs is 2. The summed E-state index contributed by atoms with van der Waals surface area (Å²) in [5.74, 6) is 0.172. The van der Waals surface area contributed by atoms with Crippen LogP contribution in [0.15, 0.2) is 72.8 Å². The van der Waals surface area contributed by atoms with Gasteiger partial charge in [-0.25, -0.2) is 9.97 Å². The molecule has 7 aromatic rings. The smallest absolute Gasteiger partial charge is 0.394 e. The van der Waals surface area contributed by atoms with Crippen LogP contribution < -0.4 is 9.47 Å². The van der Waals surface area contributed by atoms with Crippen LogP contribution in [0.4, 0.5) is 17.6 Å². The second kappa shape index (κ2) is 12.8. The fraction of sp³-hybridized carbons (Fsp3) is 0.222. The number of thiophene rings is 2. The molecular formula is C36H28F4N4O2S3. The zero-order valence-electron chi connectivity index (χ0n) is 26.7. The maximum Gasteiger partial charge on any atom is 0.394 e. The summed E-state index contributed by atoms with van der Waals surface area (Å²) < 4.78 is 72.4. The summed E-state index contributed by atoms with van der Waals surface area (Å²) in [4.78, 5) is 14.2. The molecule has 0 saturated heterocycles. The summed E-state index contributed by atoms with van der Waals surface area (Å²) in [6.07, 6.45) is -5.11. The number of halogens is 4. The van der Waals surface area contributed by atoms with E-state index < -0.39 is 12.2 Å². The molecule has 7 rings (SSSR count). The highest BCUT2D eigenvalue weighted by molar-refractivity contribution is 7.19. The Morgan fingerprint density at radius 2 is 0.898 bits per heavy atom. The summed E-state index contributed by atoms with van der Waals surface area (Å²) in [6, 6.07) is 21.2. The van der Waals surface area contributed by atoms with Crippen LogP contribution in [0.2, 0.25) is 0 Å². The van der Waals surface area contributed by atoms with E-state index in [2.05, 4.69) is 13.8 Å². The van der Waals surface area contributed by atoms with Crippen LogP contribution in [-0.4, -0.2) is 30.9 Å². The van der Waals surface area contributed by atoms with Crippen molar-refractivity contribution in [3.63, 3.8) is 0 Å². The standard InChI is InChI=1S/C36H28F4N4O2S3/c1-5-23-24(6-2)42-32-30(28-18-16-26(48-28)20-9-13-22(14-10-20)46-36(4,39)40)34-33(43-49-44-34)29(31(32)41-23)27-17-15-25(47-27)19-7-11-21(12-8-19)45-35(3,37)38/h7-18H,5-6H2,1-4H3. The first-order chi connectivity index (χ1) is 23.4. The monoisotopic (exact) mass is 720 g/mol. The average molecular weight is 721 g/mol. The molecule has 0 spiro atoms. The minimum absolute atomic E-state index is 0.0860. The van der Waals surface area contributed by atoms with Gasteiger partial charge in [0.25, 0.3) is 0 Å². The van der Waals surface area contributed by atoms with E-state index in [4.69, 9.17) is 28.2 Å². The van der Waals surface area contributed by atoms with Crippen LogP contribution in [0.3, 0.4) is 0 Å². The molecule has 49 heavy (non-hydrogen) atoms. The van der Waals surface area contributed by atoms with Crippen LogP contribution >= 0.6 is 34.4 Å². The van der Waals surface area contributed by atoms with Crippen LogP contribution in [0.5, 0.6) is 11.5 Å². The van der Waals surface area contributed by atoms with Crippen LogP contribution in [-0.2, 0) is 12.8 Å². The highest BCUT2D eigenvalue weighted by Crippen LogP contribution is 2.47. The van der Waals surface area contributed by atoms with Crippen molar-refractivity contribution in [2.24, 2.45) is 0 Å². The van der Waals surface area contributed by atoms with E-state index in [0.29, 0.717) is 37.7 Å². The van der Waals surface area contributed by atoms with Crippen LogP contribution in [0.1, 0.15) is 39.1 Å². The van der Waals surface area contributed by atoms with Crippen molar-refractivity contribution in [3.8, 4) is 53.3 Å². The molecule has 250 valence electrons. The van der Waals surface area contributed by atoms with Gasteiger partial charge in [0, 0.05) is 44.5 Å². The Morgan fingerprint density at radius 1 is 0.531 bits per heavy atom. The number of alkyl halides is 4. The molecule has 0 aliphatic heterocycles. The first-order valence-electron chi connectivity index (χ1n) is 15.4. The molecule has 0 N–H and O–H groups in total. The first kappa shape index (κ1) is 33.1. The van der Waals surface area contributed by atoms with Gasteiger partial charge >= 0.3 is 12.2 Å². The van der Waals surface area contributed by atoms with Crippen molar-refractivity contribution in [3.05, 3.63) is 84.2 Å². The molecule has 0 aliphatic carbocycles. The van der Waals surface area contributed by atoms with Gasteiger partial charge in [0.1, 0.15) is 33.6 Å². The Hall–Kier alpha value is -4.46. The molecule has 6 nitrogen and oxygen atoms in total. The second-order valence-electron chi connectivity index (χ2n) is 11.4. The second-order valence-corrected chi connectivity index (χ2v) is 14.1. The van der Waals surface area contributed by atoms with Crippen LogP contribution in [0.25, 0.3) is 63.8 Å². The molecular weight excluding hydrogens is 693 g/mol. The molecule has 0 atom stereocenters. The highest BCUT2D eigenvalue weighted by Gasteiger charge is 2.27. The van der Waals surface area contributed by atoms with Crippen molar-refractivity contribution in [1.29, 1.82) is 0 Å². The van der Waals surface area contributed by atoms with Crippen molar-refractivity contribution < 1.29 is 27.0 Å². The van der Waals surface area contributed by atoms with E-state index in [0.717, 1.165) is 75.9 Å². The lowest BCUT2D eigenvalue weighted by Gasteiger charge is -2.14. The number of aryl methyl sites for hydroxylation is 2. The average Bonchev–Trinajstić information content (AvgIpc) is 3.84. The maximum atomic E-state index is 13.4. The van der Waals surface area contributed by atoms with Crippen molar-refractivity contribution >= 4 is 56.5 Å². The van der Waals surface area contributed by atoms with Gasteiger partial charge in [-0.3, -0.25) is 0 Å². The zero-order chi connectivity index (χ0) is 34.5. The van der Waals surface area contributed by atoms with Gasteiger partial charge in [-0.2, -0.15) is 26.3 Å². The quantitative estimate of drug-likeness (QED) is 0.131. The van der Waals surface area contributed by atoms with Gasteiger partial charge in [0.15, 0.2) is 0 Å². The molecule has 0 aliphatic rings. The SMILES string of the molecule is CCc1nc2c(-c3ccc(-c4ccc(OC(C)(F)F)cc4)s3)c3nsnc3c(-c3ccc(-c4ccc(OC(C)(F)F)cc4)s3)c2nc1CC. The first-order valence-corrected chi connectivity index (χ1v) is 17.8. The predicted octanol–water partition coefficient (Wildman–Crippen LogP) is 11.5. The summed E-state index contributed by atoms with van der Waals surface area (Å²) in [7, 11) is 0. The Morgan fingerprint density at radius 3 is 1.24 bits per heavy atom. The molecule has 0 radical (unpaired) electrons. The molecule has 0 unspecified atom stereocenters. The normalized spacial score (nSPS) is 12.2. The van der Waals surface area contributed by atoms with E-state index in [-0.39, 0.29) is 11.5 Å². The van der Waals surface area contributed by atoms with Gasteiger partial charge in [-0.05, 0) is 96.8 Å². The molecule has 0 amide bonds. The number of ether oxygens (including phenoxy) is 2. The minimum atomic E-state index is -3.27. The van der Waals surface area contributed by atoms with E-state index >= 15 is 0 Å². The van der Waals surface area contributed by atoms with Crippen molar-refractivity contribution in [2.45, 2.75) is 52.8 Å². The number of aromatic nitrogens is 4. The third kappa shape index (κ3) is 6.75. The topological polar surface area (TPSA) is 70.0 Å². The lowest BCUT2D eigenvalue weighted by Crippen LogP contribution is -2.18. The number of hydrogen-bond donors (Lipinski definition) is 0. The molecule has 4 heterocycles. The molecule has 0 saturated carbocycles. The van der Waals surface area contributed by atoms with Gasteiger partial charge in [-0.1, -0.05) is 13.8 Å². The summed E-state index contributed by atoms with van der Waals surface area (Å²) in [5, 5.41) is 0. The molecule has 0 bridgehead atoms. The third-order valence-corrected chi connectivity index (χ3v) is 10.6. The molecule has 4 aromatic heterocycles. The van der Waals surface area contributed by atoms with Gasteiger partial charge in [0.2, 0.25) is 0 Å². The summed E-state index contributed by atoms with van der Waals surface area (Å²) in [5.41, 5.74) is 8.11. The minimum Gasteiger partial charge on any atom is -0.433 e. The van der Waals surface area contributed by atoms with E-state index in [1.165, 1.54) is 24.3 Å². The zero-order valence-corrected chi connectivity index (χ0v) is 29.1. The Balaban J connectivity index is 1.35. The summed E-state index contributed by atoms with van der Waals surface area (Å²) in [6.45, 7) is 5.54. The van der Waals surface area contributed by atoms with Gasteiger partial charge in [-0.15, -0.1) is 22.7 Å². The molecule has 3 aromatic carbocycles. The maximum absolute atomic E-state index is 13.4. The highest BCUT2D eigenvalue weighted by atomic mass is 32.1. The lowest BCUT2D eigenvalue weighted by atomic mass is 10.0. The summed E-state index contributed by atoms with van der Waals surface area (Å²) >= 11 is 4.22. The predicted molar refractivity (Wildman–Crippen MR) is 189 cm³/mol. The van der Waals surface area contributed by atoms with Gasteiger partial charge in [0.05, 0.1) is 23.1 Å². The molecule has 13 heteroatoms. The number of hydrogen-bond acceptors (Lipinski definition) is 9. The van der Waals surface area contributed by atoms with E-state index in [1.807, 2.05) is 24.3 Å². The molecule has 0 fully saturated rings. The van der Waals surface area contributed by atoms with E-state index in [9.17, 15) is 17.6 Å². The lowest BCUT2D eigenvalue weighted by molar-refractivity contribution is -0.159. The van der Waals surface area contributed by atoms with Gasteiger partial charge < -0.3 is 9.47 Å². The van der Waals surface area contributed by atoms with E-state index in [1.54, 1.807) is 46.9 Å². The number of nitrogens with zero attached hydrogens (tertiary/aromatic N) is 4.